The van der Waals surface area contributed by atoms with E-state index < -0.39 is 10.8 Å². The number of hydrogen-bond acceptors (Lipinski definition) is 5. The third kappa shape index (κ3) is 2.50. The topological polar surface area (TPSA) is 95.2 Å². The Morgan fingerprint density at radius 2 is 1.56 bits per heavy atom. The van der Waals surface area contributed by atoms with E-state index in [9.17, 15) is 21.0 Å². The molecule has 0 atom stereocenters. The molecule has 0 saturated heterocycles. The monoisotopic (exact) mass is 432 g/mol. The van der Waals surface area contributed by atoms with Crippen LogP contribution in [0.25, 0.3) is 22.8 Å². The predicted octanol–water partition coefficient (Wildman–Crippen LogP) is 6.47. The number of aryl methyl sites for hydroxylation is 1. The molecule has 0 spiro atoms. The van der Waals surface area contributed by atoms with Crippen LogP contribution in [0.5, 0.6) is 0 Å². The van der Waals surface area contributed by atoms with Gasteiger partial charge >= 0.3 is 0 Å². The van der Waals surface area contributed by atoms with E-state index in [2.05, 4.69) is 56.3 Å². The molecular formula is C27H20N4S. The lowest BCUT2D eigenvalue weighted by atomic mass is 9.55. The maximum Gasteiger partial charge on any atom is 0.205 e. The Bertz CT molecular complexity index is 1380. The van der Waals surface area contributed by atoms with Gasteiger partial charge in [0.2, 0.25) is 10.8 Å². The highest BCUT2D eigenvalue weighted by Crippen LogP contribution is 2.59. The number of rotatable bonds is 2. The van der Waals surface area contributed by atoms with Crippen LogP contribution in [0.3, 0.4) is 0 Å². The summed E-state index contributed by atoms with van der Waals surface area (Å²) in [7, 11) is 0. The van der Waals surface area contributed by atoms with Crippen LogP contribution in [0.4, 0.5) is 0 Å². The fourth-order valence-electron chi connectivity index (χ4n) is 4.88. The van der Waals surface area contributed by atoms with Gasteiger partial charge in [-0.2, -0.15) is 32.4 Å². The van der Waals surface area contributed by atoms with Gasteiger partial charge in [0.05, 0.1) is 24.3 Å². The molecule has 0 radical (unpaired) electrons. The summed E-state index contributed by atoms with van der Waals surface area (Å²) in [4.78, 5) is 0. The zero-order chi connectivity index (χ0) is 23.3. The van der Waals surface area contributed by atoms with E-state index in [1.54, 1.807) is 0 Å². The second-order valence-corrected chi connectivity index (χ2v) is 9.32. The first kappa shape index (κ1) is 21.3. The van der Waals surface area contributed by atoms with Gasteiger partial charge < -0.3 is 0 Å². The van der Waals surface area contributed by atoms with Crippen molar-refractivity contribution in [2.24, 2.45) is 5.41 Å². The normalized spacial score (nSPS) is 15.7. The van der Waals surface area contributed by atoms with E-state index in [-0.39, 0.29) is 0 Å². The Morgan fingerprint density at radius 1 is 0.906 bits per heavy atom. The van der Waals surface area contributed by atoms with E-state index in [0.717, 1.165) is 33.4 Å². The quantitative estimate of drug-likeness (QED) is 0.464. The van der Waals surface area contributed by atoms with Crippen LogP contribution < -0.4 is 0 Å². The molecule has 0 amide bonds. The van der Waals surface area contributed by atoms with Gasteiger partial charge in [0, 0.05) is 5.56 Å². The van der Waals surface area contributed by atoms with Gasteiger partial charge in [-0.05, 0) is 87.2 Å². The molecule has 0 aliphatic heterocycles. The van der Waals surface area contributed by atoms with Crippen molar-refractivity contribution in [2.45, 2.75) is 39.0 Å². The number of hydrogen-bond donors (Lipinski definition) is 0. The highest BCUT2D eigenvalue weighted by atomic mass is 32.1. The number of fused-ring (bicyclic) bond motifs is 3. The molecule has 0 bridgehead atoms. The molecule has 0 N–H and O–H groups in total. The predicted molar refractivity (Wildman–Crippen MR) is 125 cm³/mol. The minimum atomic E-state index is -1.95. The second kappa shape index (κ2) is 7.35. The first-order valence-electron chi connectivity index (χ1n) is 10.3. The number of thiophene rings is 1. The summed E-state index contributed by atoms with van der Waals surface area (Å²) >= 11 is 1.44. The summed E-state index contributed by atoms with van der Waals surface area (Å²) in [5.41, 5.74) is 3.25. The summed E-state index contributed by atoms with van der Waals surface area (Å²) in [6.45, 7) is 8.14. The average molecular weight is 433 g/mol. The van der Waals surface area contributed by atoms with Gasteiger partial charge in [0.1, 0.15) is 0 Å². The van der Waals surface area contributed by atoms with Gasteiger partial charge in [0.25, 0.3) is 0 Å². The smallest absolute Gasteiger partial charge is 0.196 e. The lowest BCUT2D eigenvalue weighted by Gasteiger charge is -2.37. The molecule has 1 aromatic heterocycles. The summed E-state index contributed by atoms with van der Waals surface area (Å²) in [6.07, 6.45) is 1.86. The molecule has 3 aliphatic rings. The zero-order valence-electron chi connectivity index (χ0n) is 18.3. The van der Waals surface area contributed by atoms with Gasteiger partial charge in [-0.25, -0.2) is 0 Å². The Labute approximate surface area is 192 Å². The van der Waals surface area contributed by atoms with Crippen LogP contribution in [-0.2, 0) is 5.41 Å². The van der Waals surface area contributed by atoms with E-state index >= 15 is 0 Å². The number of allylic oxidation sites excluding steroid dienone is 1. The molecule has 3 aliphatic carbocycles. The summed E-state index contributed by atoms with van der Waals surface area (Å²) < 4.78 is 0. The zero-order valence-corrected chi connectivity index (χ0v) is 19.1. The molecule has 4 rings (SSSR count). The third-order valence-electron chi connectivity index (χ3n) is 6.62. The lowest BCUT2D eigenvalue weighted by molar-refractivity contribution is 0.501. The maximum atomic E-state index is 10.4. The van der Waals surface area contributed by atoms with E-state index in [1.807, 2.05) is 36.7 Å². The Kier molecular flexibility index (Phi) is 4.90. The van der Waals surface area contributed by atoms with E-state index in [1.165, 1.54) is 11.3 Å². The molecule has 4 nitrogen and oxygen atoms in total. The Morgan fingerprint density at radius 3 is 2.09 bits per heavy atom. The van der Waals surface area contributed by atoms with Gasteiger partial charge in [-0.1, -0.05) is 32.0 Å². The van der Waals surface area contributed by atoms with Gasteiger partial charge in [-0.15, -0.1) is 0 Å². The van der Waals surface area contributed by atoms with E-state index in [4.69, 9.17) is 0 Å². The van der Waals surface area contributed by atoms with Crippen LogP contribution in [-0.4, -0.2) is 0 Å². The van der Waals surface area contributed by atoms with Crippen LogP contribution >= 0.6 is 11.3 Å². The standard InChI is InChI=1S/C27H20N4S/c1-16(2)19-6-5-17(3)24-21(9-19)18(4)25-22(24)10-23(20-7-8-32-11-20)26(12-28,13-29)27(25,14-30)15-31/h5-11,16H,1-4H3. The molecular weight excluding hydrogens is 412 g/mol. The van der Waals surface area contributed by atoms with Gasteiger partial charge in [-0.3, -0.25) is 0 Å². The van der Waals surface area contributed by atoms with Crippen molar-refractivity contribution in [2.75, 3.05) is 0 Å². The van der Waals surface area contributed by atoms with Crippen molar-refractivity contribution >= 4 is 23.0 Å². The molecule has 1 heterocycles. The molecule has 1 aromatic rings. The summed E-state index contributed by atoms with van der Waals surface area (Å²) in [5.74, 6) is 0.294. The second-order valence-electron chi connectivity index (χ2n) is 8.53. The van der Waals surface area contributed by atoms with Crippen molar-refractivity contribution < 1.29 is 0 Å². The van der Waals surface area contributed by atoms with Gasteiger partial charge in [0.15, 0.2) is 0 Å². The lowest BCUT2D eigenvalue weighted by Crippen LogP contribution is -2.45. The maximum absolute atomic E-state index is 10.4. The summed E-state index contributed by atoms with van der Waals surface area (Å²) in [6, 6.07) is 16.5. The largest absolute Gasteiger partial charge is 0.205 e. The van der Waals surface area contributed by atoms with Crippen molar-refractivity contribution in [3.8, 4) is 35.4 Å². The molecule has 0 fully saturated rings. The molecule has 0 saturated carbocycles. The molecule has 0 unspecified atom stereocenters. The minimum absolute atomic E-state index is 0.294. The first-order chi connectivity index (χ1) is 15.3. The average Bonchev–Trinajstić information content (AvgIpc) is 3.37. The third-order valence-corrected chi connectivity index (χ3v) is 7.30. The van der Waals surface area contributed by atoms with Crippen LogP contribution in [0, 0.1) is 64.6 Å². The highest BCUT2D eigenvalue weighted by Gasteiger charge is 2.62. The van der Waals surface area contributed by atoms with Crippen LogP contribution in [0.1, 0.15) is 53.1 Å². The summed E-state index contributed by atoms with van der Waals surface area (Å²) in [5, 5.41) is 45.1. The van der Waals surface area contributed by atoms with Crippen LogP contribution in [0.2, 0.25) is 0 Å². The first-order valence-corrected chi connectivity index (χ1v) is 11.2. The fourth-order valence-corrected chi connectivity index (χ4v) is 5.54. The molecule has 32 heavy (non-hydrogen) atoms. The molecule has 0 aromatic carbocycles. The molecule has 5 heteroatoms. The number of nitriles is 4. The Balaban J connectivity index is 2.28. The minimum Gasteiger partial charge on any atom is -0.196 e. The highest BCUT2D eigenvalue weighted by molar-refractivity contribution is 7.08. The van der Waals surface area contributed by atoms with Crippen LogP contribution in [0.15, 0.2) is 35.0 Å². The fraction of sp³-hybridized carbons (Fsp3) is 0.259. The van der Waals surface area contributed by atoms with Crippen molar-refractivity contribution in [1.82, 2.24) is 0 Å². The molecule has 154 valence electrons. The number of nitrogens with zero attached hydrogens (tertiary/aromatic N) is 4. The Hall–Kier alpha value is -3.90. The van der Waals surface area contributed by atoms with Crippen molar-refractivity contribution in [1.29, 1.82) is 21.0 Å². The SMILES string of the molecule is Cc1ccc(C(C)C)cc2c(C)c3c(c1-2)C=C(c1ccsc1)C(C#N)(C#N)C3(C#N)C#N. The van der Waals surface area contributed by atoms with Crippen molar-refractivity contribution in [3.63, 3.8) is 0 Å². The van der Waals surface area contributed by atoms with Crippen molar-refractivity contribution in [3.05, 3.63) is 68.4 Å². The van der Waals surface area contributed by atoms with E-state index in [0.29, 0.717) is 22.6 Å².